The Balaban J connectivity index is 1.94. The first kappa shape index (κ1) is 12.9. The van der Waals surface area contributed by atoms with Gasteiger partial charge in [-0.1, -0.05) is 20.8 Å². The van der Waals surface area contributed by atoms with Crippen LogP contribution in [0.5, 0.6) is 0 Å². The molecule has 2 nitrogen and oxygen atoms in total. The Bertz CT molecular complexity index is 351. The molecule has 0 saturated heterocycles. The Hall–Kier alpha value is -0.0800. The second-order valence-electron chi connectivity index (χ2n) is 8.10. The molecular weight excluding hydrogens is 224 g/mol. The van der Waals surface area contributed by atoms with Crippen molar-refractivity contribution in [2.24, 2.45) is 22.7 Å². The standard InChI is InChI=1S/C16H28O2/c1-14(2)9-12-11(14)5-8-16(18-4)10-15(12,3)7-6-13(16)17/h11-13,17H,5-10H2,1-4H3/t11-,12+,13-,15+,16-/m1/s1. The molecule has 0 unspecified atom stereocenters. The minimum absolute atomic E-state index is 0.250. The molecule has 3 fully saturated rings. The van der Waals surface area contributed by atoms with Gasteiger partial charge >= 0.3 is 0 Å². The van der Waals surface area contributed by atoms with Gasteiger partial charge in [0.1, 0.15) is 0 Å². The average molecular weight is 252 g/mol. The van der Waals surface area contributed by atoms with Crippen molar-refractivity contribution in [1.82, 2.24) is 0 Å². The quantitative estimate of drug-likeness (QED) is 0.775. The van der Waals surface area contributed by atoms with Gasteiger partial charge in [0.05, 0.1) is 11.7 Å². The Morgan fingerprint density at radius 3 is 2.39 bits per heavy atom. The molecule has 0 aromatic rings. The molecule has 0 aromatic carbocycles. The lowest BCUT2D eigenvalue weighted by Crippen LogP contribution is -2.55. The molecule has 5 atom stereocenters. The molecule has 2 bridgehead atoms. The predicted octanol–water partition coefficient (Wildman–Crippen LogP) is 3.38. The molecule has 104 valence electrons. The number of ether oxygens (including phenoxy) is 1. The highest BCUT2D eigenvalue weighted by molar-refractivity contribution is 5.11. The van der Waals surface area contributed by atoms with Crippen molar-refractivity contribution in [3.8, 4) is 0 Å². The summed E-state index contributed by atoms with van der Waals surface area (Å²) in [5.74, 6) is 1.70. The highest BCUT2D eigenvalue weighted by Gasteiger charge is 2.61. The van der Waals surface area contributed by atoms with Gasteiger partial charge < -0.3 is 9.84 Å². The summed E-state index contributed by atoms with van der Waals surface area (Å²) in [5.41, 5.74) is 0.650. The topological polar surface area (TPSA) is 29.5 Å². The zero-order valence-corrected chi connectivity index (χ0v) is 12.3. The Labute approximate surface area is 111 Å². The van der Waals surface area contributed by atoms with Crippen LogP contribution < -0.4 is 0 Å². The highest BCUT2D eigenvalue weighted by Crippen LogP contribution is 2.66. The fraction of sp³-hybridized carbons (Fsp3) is 1.00. The van der Waals surface area contributed by atoms with Crippen LogP contribution in [0, 0.1) is 22.7 Å². The molecule has 0 spiro atoms. The van der Waals surface area contributed by atoms with E-state index in [1.54, 1.807) is 7.11 Å². The lowest BCUT2D eigenvalue weighted by molar-refractivity contribution is -0.168. The number of hydrogen-bond acceptors (Lipinski definition) is 2. The summed E-state index contributed by atoms with van der Waals surface area (Å²) in [6.45, 7) is 7.29. The van der Waals surface area contributed by atoms with Crippen LogP contribution in [0.15, 0.2) is 0 Å². The summed E-state index contributed by atoms with van der Waals surface area (Å²) < 4.78 is 5.85. The first-order valence-corrected chi connectivity index (χ1v) is 7.56. The van der Waals surface area contributed by atoms with E-state index in [0.717, 1.165) is 31.1 Å². The molecule has 0 radical (unpaired) electrons. The van der Waals surface area contributed by atoms with Gasteiger partial charge in [0, 0.05) is 7.11 Å². The van der Waals surface area contributed by atoms with Gasteiger partial charge in [-0.25, -0.2) is 0 Å². The van der Waals surface area contributed by atoms with Gasteiger partial charge in [0.15, 0.2) is 0 Å². The summed E-state index contributed by atoms with van der Waals surface area (Å²) in [6, 6.07) is 0. The first-order chi connectivity index (χ1) is 8.33. The lowest BCUT2D eigenvalue weighted by atomic mass is 9.46. The number of aliphatic hydroxyl groups excluding tert-OH is 1. The lowest BCUT2D eigenvalue weighted by Gasteiger charge is -2.59. The van der Waals surface area contributed by atoms with E-state index in [2.05, 4.69) is 20.8 Å². The van der Waals surface area contributed by atoms with Crippen molar-refractivity contribution >= 4 is 0 Å². The largest absolute Gasteiger partial charge is 0.390 e. The molecule has 3 rings (SSSR count). The molecule has 0 heterocycles. The predicted molar refractivity (Wildman–Crippen MR) is 72.3 cm³/mol. The summed E-state index contributed by atoms with van der Waals surface area (Å²) in [4.78, 5) is 0. The SMILES string of the molecule is CO[C@@]12CC[C@@H]3[C@H](CC3(C)C)[C@@](C)(CC[C@H]1O)C2. The Kier molecular flexibility index (Phi) is 2.68. The van der Waals surface area contributed by atoms with E-state index < -0.39 is 0 Å². The maximum atomic E-state index is 10.4. The minimum Gasteiger partial charge on any atom is -0.390 e. The van der Waals surface area contributed by atoms with E-state index in [-0.39, 0.29) is 11.7 Å². The number of rotatable bonds is 1. The minimum atomic E-state index is -0.254. The molecule has 1 N–H and O–H groups in total. The maximum absolute atomic E-state index is 10.4. The zero-order chi connectivity index (χ0) is 13.2. The normalized spacial score (nSPS) is 54.2. The van der Waals surface area contributed by atoms with Crippen molar-refractivity contribution in [3.63, 3.8) is 0 Å². The van der Waals surface area contributed by atoms with Crippen LogP contribution in [0.25, 0.3) is 0 Å². The van der Waals surface area contributed by atoms with E-state index in [1.165, 1.54) is 19.3 Å². The van der Waals surface area contributed by atoms with Gasteiger partial charge in [-0.15, -0.1) is 0 Å². The van der Waals surface area contributed by atoms with Crippen molar-refractivity contribution in [1.29, 1.82) is 0 Å². The molecule has 0 amide bonds. The Morgan fingerprint density at radius 2 is 1.78 bits per heavy atom. The molecule has 3 aliphatic carbocycles. The zero-order valence-electron chi connectivity index (χ0n) is 12.3. The third kappa shape index (κ3) is 1.54. The second kappa shape index (κ2) is 3.73. The van der Waals surface area contributed by atoms with E-state index >= 15 is 0 Å². The van der Waals surface area contributed by atoms with E-state index in [4.69, 9.17) is 4.74 Å². The van der Waals surface area contributed by atoms with Crippen LogP contribution in [0.3, 0.4) is 0 Å². The molecule has 18 heavy (non-hydrogen) atoms. The third-order valence-corrected chi connectivity index (χ3v) is 6.71. The fourth-order valence-electron chi connectivity index (χ4n) is 5.47. The van der Waals surface area contributed by atoms with Crippen molar-refractivity contribution in [2.45, 2.75) is 71.0 Å². The average Bonchev–Trinajstić information content (AvgIpc) is 2.39. The molecule has 3 aliphatic rings. The number of aliphatic hydroxyl groups is 1. The maximum Gasteiger partial charge on any atom is 0.0941 e. The van der Waals surface area contributed by atoms with Crippen LogP contribution in [0.1, 0.15) is 59.3 Å². The van der Waals surface area contributed by atoms with Crippen LogP contribution in [0.4, 0.5) is 0 Å². The van der Waals surface area contributed by atoms with E-state index in [9.17, 15) is 5.11 Å². The van der Waals surface area contributed by atoms with Crippen molar-refractivity contribution in [2.75, 3.05) is 7.11 Å². The van der Waals surface area contributed by atoms with Gasteiger partial charge in [-0.2, -0.15) is 0 Å². The molecular formula is C16H28O2. The molecule has 0 aromatic heterocycles. The summed E-state index contributed by atoms with van der Waals surface area (Å²) in [6.07, 6.45) is 6.56. The first-order valence-electron chi connectivity index (χ1n) is 7.56. The van der Waals surface area contributed by atoms with E-state index in [0.29, 0.717) is 10.8 Å². The van der Waals surface area contributed by atoms with Crippen LogP contribution in [-0.2, 0) is 4.74 Å². The van der Waals surface area contributed by atoms with Crippen LogP contribution in [0.2, 0.25) is 0 Å². The molecule has 2 heteroatoms. The molecule has 3 saturated carbocycles. The van der Waals surface area contributed by atoms with Gasteiger partial charge in [-0.05, 0) is 61.2 Å². The van der Waals surface area contributed by atoms with Crippen LogP contribution >= 0.6 is 0 Å². The monoisotopic (exact) mass is 252 g/mol. The van der Waals surface area contributed by atoms with Gasteiger partial charge in [0.2, 0.25) is 0 Å². The smallest absolute Gasteiger partial charge is 0.0941 e. The summed E-state index contributed by atoms with van der Waals surface area (Å²) >= 11 is 0. The van der Waals surface area contributed by atoms with Crippen molar-refractivity contribution < 1.29 is 9.84 Å². The summed E-state index contributed by atoms with van der Waals surface area (Å²) in [5, 5.41) is 10.4. The summed E-state index contributed by atoms with van der Waals surface area (Å²) in [7, 11) is 1.80. The van der Waals surface area contributed by atoms with E-state index in [1.807, 2.05) is 0 Å². The number of hydrogen-bond donors (Lipinski definition) is 1. The van der Waals surface area contributed by atoms with Crippen LogP contribution in [-0.4, -0.2) is 23.9 Å². The number of methoxy groups -OCH3 is 1. The van der Waals surface area contributed by atoms with Crippen molar-refractivity contribution in [3.05, 3.63) is 0 Å². The second-order valence-corrected chi connectivity index (χ2v) is 8.10. The van der Waals surface area contributed by atoms with Gasteiger partial charge in [-0.3, -0.25) is 0 Å². The Morgan fingerprint density at radius 1 is 1.06 bits per heavy atom. The van der Waals surface area contributed by atoms with Gasteiger partial charge in [0.25, 0.3) is 0 Å². The fourth-order valence-corrected chi connectivity index (χ4v) is 5.47. The molecule has 0 aliphatic heterocycles. The highest BCUT2D eigenvalue weighted by atomic mass is 16.5. The third-order valence-electron chi connectivity index (χ3n) is 6.71. The number of fused-ring (bicyclic) bond motifs is 4.